The van der Waals surface area contributed by atoms with E-state index in [1.54, 1.807) is 18.9 Å². The van der Waals surface area contributed by atoms with Crippen LogP contribution < -0.4 is 10.5 Å². The zero-order valence-corrected chi connectivity index (χ0v) is 12.6. The summed E-state index contributed by atoms with van der Waals surface area (Å²) in [5, 5.41) is 1.01. The predicted molar refractivity (Wildman–Crippen MR) is 85.1 cm³/mol. The number of pyridine rings is 1. The molecule has 21 heavy (non-hydrogen) atoms. The van der Waals surface area contributed by atoms with Gasteiger partial charge in [0, 0.05) is 17.5 Å². The van der Waals surface area contributed by atoms with Crippen LogP contribution in [-0.4, -0.2) is 23.0 Å². The SMILES string of the molecule is COc1ccc(Sc2nc3ccccn3c2CCN)cc1. The second-order valence-corrected chi connectivity index (χ2v) is 5.67. The van der Waals surface area contributed by atoms with E-state index < -0.39 is 0 Å². The average Bonchev–Trinajstić information content (AvgIpc) is 2.86. The van der Waals surface area contributed by atoms with Crippen LogP contribution in [0.4, 0.5) is 0 Å². The van der Waals surface area contributed by atoms with Crippen molar-refractivity contribution < 1.29 is 4.74 Å². The molecule has 0 saturated heterocycles. The summed E-state index contributed by atoms with van der Waals surface area (Å²) < 4.78 is 7.29. The van der Waals surface area contributed by atoms with Gasteiger partial charge in [-0.25, -0.2) is 4.98 Å². The number of nitrogens with two attached hydrogens (primary N) is 1. The van der Waals surface area contributed by atoms with Crippen molar-refractivity contribution in [2.45, 2.75) is 16.3 Å². The molecule has 2 N–H and O–H groups in total. The van der Waals surface area contributed by atoms with Crippen molar-refractivity contribution in [2.75, 3.05) is 13.7 Å². The van der Waals surface area contributed by atoms with Crippen LogP contribution in [0.15, 0.2) is 58.6 Å². The normalized spacial score (nSPS) is 11.0. The van der Waals surface area contributed by atoms with E-state index in [1.165, 1.54) is 0 Å². The van der Waals surface area contributed by atoms with E-state index in [0.717, 1.165) is 33.4 Å². The third kappa shape index (κ3) is 2.89. The van der Waals surface area contributed by atoms with E-state index in [-0.39, 0.29) is 0 Å². The summed E-state index contributed by atoms with van der Waals surface area (Å²) in [7, 11) is 1.67. The van der Waals surface area contributed by atoms with Crippen molar-refractivity contribution in [3.63, 3.8) is 0 Å². The molecule has 0 bridgehead atoms. The van der Waals surface area contributed by atoms with Crippen LogP contribution in [0.2, 0.25) is 0 Å². The molecule has 1 aromatic carbocycles. The first kappa shape index (κ1) is 14.0. The maximum absolute atomic E-state index is 5.74. The van der Waals surface area contributed by atoms with Gasteiger partial charge in [-0.05, 0) is 42.9 Å². The number of aromatic nitrogens is 2. The number of methoxy groups -OCH3 is 1. The van der Waals surface area contributed by atoms with Gasteiger partial charge in [-0.2, -0.15) is 0 Å². The zero-order chi connectivity index (χ0) is 14.7. The van der Waals surface area contributed by atoms with E-state index in [2.05, 4.69) is 4.40 Å². The highest BCUT2D eigenvalue weighted by Crippen LogP contribution is 2.31. The number of benzene rings is 1. The lowest BCUT2D eigenvalue weighted by molar-refractivity contribution is 0.414. The first-order chi connectivity index (χ1) is 10.3. The lowest BCUT2D eigenvalue weighted by Gasteiger charge is -2.04. The van der Waals surface area contributed by atoms with E-state index in [9.17, 15) is 0 Å². The molecule has 0 radical (unpaired) electrons. The van der Waals surface area contributed by atoms with Gasteiger partial charge in [0.15, 0.2) is 0 Å². The Kier molecular flexibility index (Phi) is 4.13. The van der Waals surface area contributed by atoms with Crippen LogP contribution in [-0.2, 0) is 6.42 Å². The van der Waals surface area contributed by atoms with Crippen LogP contribution in [0.25, 0.3) is 5.65 Å². The maximum Gasteiger partial charge on any atom is 0.138 e. The maximum atomic E-state index is 5.74. The first-order valence-electron chi connectivity index (χ1n) is 6.80. The first-order valence-corrected chi connectivity index (χ1v) is 7.61. The molecule has 5 heteroatoms. The summed E-state index contributed by atoms with van der Waals surface area (Å²) >= 11 is 1.66. The number of hydrogen-bond acceptors (Lipinski definition) is 4. The van der Waals surface area contributed by atoms with Crippen molar-refractivity contribution in [2.24, 2.45) is 5.73 Å². The van der Waals surface area contributed by atoms with E-state index in [0.29, 0.717) is 6.54 Å². The average molecular weight is 299 g/mol. The molecular weight excluding hydrogens is 282 g/mol. The van der Waals surface area contributed by atoms with Gasteiger partial charge in [0.05, 0.1) is 12.8 Å². The quantitative estimate of drug-likeness (QED) is 0.787. The highest BCUT2D eigenvalue weighted by atomic mass is 32.2. The molecule has 0 saturated carbocycles. The highest BCUT2D eigenvalue weighted by Gasteiger charge is 2.12. The minimum absolute atomic E-state index is 0.610. The number of ether oxygens (including phenoxy) is 1. The molecule has 3 aromatic rings. The van der Waals surface area contributed by atoms with Gasteiger partial charge in [-0.1, -0.05) is 17.8 Å². The van der Waals surface area contributed by atoms with Crippen molar-refractivity contribution in [3.8, 4) is 5.75 Å². The molecule has 2 heterocycles. The number of rotatable bonds is 5. The molecule has 108 valence electrons. The van der Waals surface area contributed by atoms with Crippen molar-refractivity contribution in [1.82, 2.24) is 9.38 Å². The van der Waals surface area contributed by atoms with Gasteiger partial charge in [0.25, 0.3) is 0 Å². The summed E-state index contributed by atoms with van der Waals surface area (Å²) in [6.07, 6.45) is 2.84. The molecule has 0 atom stereocenters. The third-order valence-electron chi connectivity index (χ3n) is 3.25. The summed E-state index contributed by atoms with van der Waals surface area (Å²) in [4.78, 5) is 5.84. The number of imidazole rings is 1. The fourth-order valence-corrected chi connectivity index (χ4v) is 3.18. The smallest absolute Gasteiger partial charge is 0.138 e. The minimum Gasteiger partial charge on any atom is -0.497 e. The third-order valence-corrected chi connectivity index (χ3v) is 4.28. The van der Waals surface area contributed by atoms with Crippen molar-refractivity contribution in [1.29, 1.82) is 0 Å². The molecule has 0 aliphatic heterocycles. The van der Waals surface area contributed by atoms with Crippen LogP contribution in [0, 0.1) is 0 Å². The zero-order valence-electron chi connectivity index (χ0n) is 11.8. The Labute approximate surface area is 127 Å². The van der Waals surface area contributed by atoms with Crippen molar-refractivity contribution in [3.05, 3.63) is 54.4 Å². The number of fused-ring (bicyclic) bond motifs is 1. The topological polar surface area (TPSA) is 52.5 Å². The Morgan fingerprint density at radius 3 is 2.71 bits per heavy atom. The van der Waals surface area contributed by atoms with Crippen LogP contribution >= 0.6 is 11.8 Å². The summed E-state index contributed by atoms with van der Waals surface area (Å²) in [6, 6.07) is 14.0. The summed E-state index contributed by atoms with van der Waals surface area (Å²) in [5.41, 5.74) is 7.86. The highest BCUT2D eigenvalue weighted by molar-refractivity contribution is 7.99. The van der Waals surface area contributed by atoms with Gasteiger partial charge in [-0.15, -0.1) is 0 Å². The fourth-order valence-electron chi connectivity index (χ4n) is 2.23. The standard InChI is InChI=1S/C16H17N3OS/c1-20-12-5-7-13(8-6-12)21-16-14(9-10-17)19-11-3-2-4-15(19)18-16/h2-8,11H,9-10,17H2,1H3. The second-order valence-electron chi connectivity index (χ2n) is 4.61. The van der Waals surface area contributed by atoms with Gasteiger partial charge in [0.1, 0.15) is 16.4 Å². The lowest BCUT2D eigenvalue weighted by Crippen LogP contribution is -2.05. The molecule has 0 aliphatic carbocycles. The molecule has 0 spiro atoms. The van der Waals surface area contributed by atoms with E-state index in [1.807, 2.05) is 48.7 Å². The molecule has 4 nitrogen and oxygen atoms in total. The number of hydrogen-bond donors (Lipinski definition) is 1. The Morgan fingerprint density at radius 2 is 2.00 bits per heavy atom. The monoisotopic (exact) mass is 299 g/mol. The van der Waals surface area contributed by atoms with E-state index >= 15 is 0 Å². The summed E-state index contributed by atoms with van der Waals surface area (Å²) in [6.45, 7) is 0.610. The Morgan fingerprint density at radius 1 is 1.19 bits per heavy atom. The largest absolute Gasteiger partial charge is 0.497 e. The number of nitrogens with zero attached hydrogens (tertiary/aromatic N) is 2. The molecule has 0 fully saturated rings. The van der Waals surface area contributed by atoms with Crippen LogP contribution in [0.5, 0.6) is 5.75 Å². The van der Waals surface area contributed by atoms with E-state index in [4.69, 9.17) is 15.5 Å². The molecule has 0 unspecified atom stereocenters. The molecule has 3 rings (SSSR count). The second kappa shape index (κ2) is 6.20. The van der Waals surface area contributed by atoms with Gasteiger partial charge in [-0.3, -0.25) is 0 Å². The fraction of sp³-hybridized carbons (Fsp3) is 0.188. The summed E-state index contributed by atoms with van der Waals surface area (Å²) in [5.74, 6) is 0.858. The van der Waals surface area contributed by atoms with Gasteiger partial charge >= 0.3 is 0 Å². The van der Waals surface area contributed by atoms with Crippen LogP contribution in [0.3, 0.4) is 0 Å². The Balaban J connectivity index is 1.96. The van der Waals surface area contributed by atoms with Crippen LogP contribution in [0.1, 0.15) is 5.69 Å². The van der Waals surface area contributed by atoms with Crippen molar-refractivity contribution >= 4 is 17.4 Å². The predicted octanol–water partition coefficient (Wildman–Crippen LogP) is 3.00. The molecule has 0 aliphatic rings. The lowest BCUT2D eigenvalue weighted by atomic mass is 10.3. The Hall–Kier alpha value is -1.98. The molecule has 2 aromatic heterocycles. The minimum atomic E-state index is 0.610. The molecular formula is C16H17N3OS. The Bertz CT molecular complexity index is 737. The van der Waals surface area contributed by atoms with Gasteiger partial charge < -0.3 is 14.9 Å². The van der Waals surface area contributed by atoms with Gasteiger partial charge in [0.2, 0.25) is 0 Å². The molecule has 0 amide bonds.